The van der Waals surface area contributed by atoms with Crippen molar-refractivity contribution >= 4 is 28.8 Å². The predicted molar refractivity (Wildman–Crippen MR) is 100 cm³/mol. The van der Waals surface area contributed by atoms with Gasteiger partial charge in [0.1, 0.15) is 6.04 Å². The molecular formula is C19H24N3O2S+. The molecule has 2 heterocycles. The van der Waals surface area contributed by atoms with Gasteiger partial charge < -0.3 is 15.1 Å². The van der Waals surface area contributed by atoms with Crippen molar-refractivity contribution in [2.24, 2.45) is 0 Å². The number of nitrogens with zero attached hydrogens (tertiary/aromatic N) is 1. The van der Waals surface area contributed by atoms with Crippen LogP contribution in [0.3, 0.4) is 0 Å². The molecule has 0 unspecified atom stereocenters. The van der Waals surface area contributed by atoms with Gasteiger partial charge in [-0.15, -0.1) is 11.3 Å². The lowest BCUT2D eigenvalue weighted by atomic mass is 10.1. The minimum atomic E-state index is -0.0814. The van der Waals surface area contributed by atoms with Crippen LogP contribution >= 0.6 is 11.3 Å². The molecule has 1 saturated heterocycles. The Morgan fingerprint density at radius 3 is 2.60 bits per heavy atom. The molecular weight excluding hydrogens is 334 g/mol. The fraction of sp³-hybridized carbons (Fsp3) is 0.368. The van der Waals surface area contributed by atoms with E-state index in [1.54, 1.807) is 28.4 Å². The van der Waals surface area contributed by atoms with E-state index in [2.05, 4.69) is 30.9 Å². The van der Waals surface area contributed by atoms with E-state index < -0.39 is 0 Å². The van der Waals surface area contributed by atoms with Crippen molar-refractivity contribution in [3.8, 4) is 0 Å². The first-order valence-electron chi connectivity index (χ1n) is 8.58. The Bertz CT molecular complexity index is 726. The Kier molecular flexibility index (Phi) is 5.50. The maximum Gasteiger partial charge on any atom is 0.251 e. The summed E-state index contributed by atoms with van der Waals surface area (Å²) in [5.41, 5.74) is 1.49. The van der Waals surface area contributed by atoms with E-state index in [0.29, 0.717) is 18.5 Å². The molecule has 0 saturated carbocycles. The Morgan fingerprint density at radius 2 is 2.04 bits per heavy atom. The summed E-state index contributed by atoms with van der Waals surface area (Å²) in [4.78, 5) is 28.6. The number of quaternary nitrogens is 1. The lowest BCUT2D eigenvalue weighted by Gasteiger charge is -2.21. The number of rotatable bonds is 6. The highest BCUT2D eigenvalue weighted by Crippen LogP contribution is 2.21. The van der Waals surface area contributed by atoms with Crippen molar-refractivity contribution in [1.82, 2.24) is 5.32 Å². The minimum Gasteiger partial charge on any atom is -0.346 e. The molecule has 0 spiro atoms. The van der Waals surface area contributed by atoms with Crippen molar-refractivity contribution in [3.05, 3.63) is 52.2 Å². The molecule has 1 fully saturated rings. The molecule has 25 heavy (non-hydrogen) atoms. The molecule has 0 aliphatic carbocycles. The van der Waals surface area contributed by atoms with Crippen molar-refractivity contribution < 1.29 is 14.5 Å². The molecule has 1 atom stereocenters. The van der Waals surface area contributed by atoms with Crippen LogP contribution in [0.1, 0.15) is 34.1 Å². The highest BCUT2D eigenvalue weighted by atomic mass is 32.1. The summed E-state index contributed by atoms with van der Waals surface area (Å²) in [7, 11) is 4.19. The average Bonchev–Trinajstić information content (AvgIpc) is 3.26. The minimum absolute atomic E-state index is 0.0814. The molecule has 132 valence electrons. The number of hydrogen-bond acceptors (Lipinski definition) is 3. The van der Waals surface area contributed by atoms with Gasteiger partial charge in [0, 0.05) is 24.2 Å². The standard InChI is InChI=1S/C19H23N3O2S/c1-21(2)16(17-5-4-12-25-17)13-20-19(24)14-7-9-15(10-8-14)22-11-3-6-18(22)23/h4-5,7-10,12,16H,3,6,11,13H2,1-2H3,(H,20,24)/p+1/t16-/m0/s1. The van der Waals surface area contributed by atoms with Gasteiger partial charge in [-0.25, -0.2) is 0 Å². The van der Waals surface area contributed by atoms with Crippen LogP contribution in [0.4, 0.5) is 5.69 Å². The summed E-state index contributed by atoms with van der Waals surface area (Å²) in [5, 5.41) is 5.09. The highest BCUT2D eigenvalue weighted by Gasteiger charge is 2.22. The third-order valence-electron chi connectivity index (χ3n) is 4.56. The second-order valence-electron chi connectivity index (χ2n) is 6.55. The molecule has 6 heteroatoms. The number of benzene rings is 1. The first kappa shape index (κ1) is 17.6. The van der Waals surface area contributed by atoms with Gasteiger partial charge in [-0.05, 0) is 42.1 Å². The molecule has 0 radical (unpaired) electrons. The summed E-state index contributed by atoms with van der Waals surface area (Å²) in [5.74, 6) is 0.0760. The summed E-state index contributed by atoms with van der Waals surface area (Å²) in [6.45, 7) is 1.35. The smallest absolute Gasteiger partial charge is 0.251 e. The third-order valence-corrected chi connectivity index (χ3v) is 5.55. The van der Waals surface area contributed by atoms with Crippen molar-refractivity contribution in [2.45, 2.75) is 18.9 Å². The Labute approximate surface area is 152 Å². The normalized spacial score (nSPS) is 15.6. The van der Waals surface area contributed by atoms with Gasteiger partial charge in [-0.3, -0.25) is 9.59 Å². The molecule has 1 aromatic heterocycles. The molecule has 5 nitrogen and oxygen atoms in total. The van der Waals surface area contributed by atoms with E-state index in [0.717, 1.165) is 18.7 Å². The van der Waals surface area contributed by atoms with Crippen LogP contribution in [0.15, 0.2) is 41.8 Å². The molecule has 3 rings (SSSR count). The summed E-state index contributed by atoms with van der Waals surface area (Å²) >= 11 is 1.71. The van der Waals surface area contributed by atoms with Crippen LogP contribution in [0.2, 0.25) is 0 Å². The third kappa shape index (κ3) is 4.08. The number of anilines is 1. The zero-order chi connectivity index (χ0) is 17.8. The second kappa shape index (κ2) is 7.80. The van der Waals surface area contributed by atoms with Gasteiger partial charge in [0.15, 0.2) is 0 Å². The SMILES string of the molecule is C[NH+](C)[C@@H](CNC(=O)c1ccc(N2CCCC2=O)cc1)c1cccs1. The van der Waals surface area contributed by atoms with Gasteiger partial charge in [0.25, 0.3) is 5.91 Å². The number of carbonyl (C=O) groups is 2. The van der Waals surface area contributed by atoms with Crippen LogP contribution < -0.4 is 15.1 Å². The molecule has 2 aromatic rings. The quantitative estimate of drug-likeness (QED) is 0.822. The summed E-state index contributed by atoms with van der Waals surface area (Å²) < 4.78 is 0. The van der Waals surface area contributed by atoms with Crippen molar-refractivity contribution in [2.75, 3.05) is 32.1 Å². The lowest BCUT2D eigenvalue weighted by Crippen LogP contribution is -3.06. The van der Waals surface area contributed by atoms with E-state index in [4.69, 9.17) is 0 Å². The van der Waals surface area contributed by atoms with Gasteiger partial charge in [-0.2, -0.15) is 0 Å². The van der Waals surface area contributed by atoms with E-state index in [-0.39, 0.29) is 17.9 Å². The summed E-state index contributed by atoms with van der Waals surface area (Å²) in [6.07, 6.45) is 1.51. The van der Waals surface area contributed by atoms with Gasteiger partial charge >= 0.3 is 0 Å². The maximum atomic E-state index is 12.4. The first-order valence-corrected chi connectivity index (χ1v) is 9.46. The van der Waals surface area contributed by atoms with Crippen LogP contribution in [0.25, 0.3) is 0 Å². The molecule has 2 amide bonds. The first-order chi connectivity index (χ1) is 12.1. The number of nitrogens with one attached hydrogen (secondary N) is 2. The molecule has 1 aliphatic rings. The van der Waals surface area contributed by atoms with E-state index in [9.17, 15) is 9.59 Å². The van der Waals surface area contributed by atoms with Gasteiger partial charge in [0.2, 0.25) is 5.91 Å². The van der Waals surface area contributed by atoms with Crippen LogP contribution in [0, 0.1) is 0 Å². The monoisotopic (exact) mass is 358 g/mol. The van der Waals surface area contributed by atoms with Gasteiger partial charge in [0.05, 0.1) is 25.5 Å². The predicted octanol–water partition coefficient (Wildman–Crippen LogP) is 1.49. The largest absolute Gasteiger partial charge is 0.346 e. The van der Waals surface area contributed by atoms with E-state index in [1.165, 1.54) is 9.78 Å². The topological polar surface area (TPSA) is 53.9 Å². The lowest BCUT2D eigenvalue weighted by molar-refractivity contribution is -0.890. The number of likely N-dealkylation sites (N-methyl/N-ethyl adjacent to an activating group) is 1. The second-order valence-corrected chi connectivity index (χ2v) is 7.53. The maximum absolute atomic E-state index is 12.4. The molecule has 2 N–H and O–H groups in total. The van der Waals surface area contributed by atoms with Crippen LogP contribution in [-0.4, -0.2) is 39.0 Å². The number of amides is 2. The molecule has 1 aromatic carbocycles. The fourth-order valence-electron chi connectivity index (χ4n) is 3.09. The Morgan fingerprint density at radius 1 is 1.28 bits per heavy atom. The van der Waals surface area contributed by atoms with E-state index >= 15 is 0 Å². The Balaban J connectivity index is 1.62. The van der Waals surface area contributed by atoms with Crippen molar-refractivity contribution in [1.29, 1.82) is 0 Å². The zero-order valence-corrected chi connectivity index (χ0v) is 15.4. The molecule has 1 aliphatic heterocycles. The Hall–Kier alpha value is -2.18. The van der Waals surface area contributed by atoms with Crippen molar-refractivity contribution in [3.63, 3.8) is 0 Å². The number of carbonyl (C=O) groups excluding carboxylic acids is 2. The number of hydrogen-bond donors (Lipinski definition) is 2. The van der Waals surface area contributed by atoms with Gasteiger partial charge in [-0.1, -0.05) is 6.07 Å². The average molecular weight is 358 g/mol. The highest BCUT2D eigenvalue weighted by molar-refractivity contribution is 7.10. The van der Waals surface area contributed by atoms with Crippen LogP contribution in [0.5, 0.6) is 0 Å². The number of thiophene rings is 1. The fourth-order valence-corrected chi connectivity index (χ4v) is 4.04. The molecule has 0 bridgehead atoms. The van der Waals surface area contributed by atoms with E-state index in [1.807, 2.05) is 18.2 Å². The summed E-state index contributed by atoms with van der Waals surface area (Å²) in [6, 6.07) is 11.7. The zero-order valence-electron chi connectivity index (χ0n) is 14.6. The van der Waals surface area contributed by atoms with Crippen LogP contribution in [-0.2, 0) is 4.79 Å².